The molecule has 0 fully saturated rings. The second-order valence-corrected chi connectivity index (χ2v) is 3.71. The largest absolute Gasteiger partial charge is 0.453 e. The van der Waals surface area contributed by atoms with E-state index in [0.29, 0.717) is 27.8 Å². The molecule has 0 spiro atoms. The van der Waals surface area contributed by atoms with Gasteiger partial charge in [-0.2, -0.15) is 5.26 Å². The third-order valence-electron chi connectivity index (χ3n) is 2.09. The second kappa shape index (κ2) is 4.73. The Morgan fingerprint density at radius 3 is 2.88 bits per heavy atom. The van der Waals surface area contributed by atoms with Crippen LogP contribution in [0.25, 0.3) is 0 Å². The van der Waals surface area contributed by atoms with E-state index in [-0.39, 0.29) is 0 Å². The fourth-order valence-electron chi connectivity index (χ4n) is 1.31. The number of aromatic nitrogens is 1. The minimum atomic E-state index is 0.301. The highest BCUT2D eigenvalue weighted by Crippen LogP contribution is 2.30. The number of hydrogen-bond donors (Lipinski definition) is 1. The van der Waals surface area contributed by atoms with E-state index in [1.165, 1.54) is 12.4 Å². The highest BCUT2D eigenvalue weighted by Gasteiger charge is 2.06. The molecule has 0 aliphatic rings. The Hall–Kier alpha value is -2.25. The summed E-state index contributed by atoms with van der Waals surface area (Å²) in [5, 5.41) is 9.30. The van der Waals surface area contributed by atoms with E-state index < -0.39 is 0 Å². The summed E-state index contributed by atoms with van der Waals surface area (Å²) in [6, 6.07) is 8.60. The molecule has 5 heteroatoms. The van der Waals surface area contributed by atoms with E-state index in [2.05, 4.69) is 4.98 Å². The molecule has 0 unspecified atom stereocenters. The number of pyridine rings is 1. The molecule has 84 valence electrons. The molecule has 0 aliphatic heterocycles. The molecule has 0 bridgehead atoms. The van der Waals surface area contributed by atoms with Crippen molar-refractivity contribution < 1.29 is 4.74 Å². The van der Waals surface area contributed by atoms with E-state index in [1.54, 1.807) is 24.3 Å². The lowest BCUT2D eigenvalue weighted by Crippen LogP contribution is -1.95. The first-order valence-corrected chi connectivity index (χ1v) is 5.15. The van der Waals surface area contributed by atoms with Gasteiger partial charge < -0.3 is 10.5 Å². The topological polar surface area (TPSA) is 71.9 Å². The molecular weight excluding hydrogens is 238 g/mol. The van der Waals surface area contributed by atoms with Gasteiger partial charge in [0, 0.05) is 12.3 Å². The first-order valence-electron chi connectivity index (χ1n) is 4.77. The van der Waals surface area contributed by atoms with E-state index in [1.807, 2.05) is 6.07 Å². The van der Waals surface area contributed by atoms with E-state index in [4.69, 9.17) is 27.3 Å². The SMILES string of the molecule is N#Cc1cccc(Oc2cncc(Cl)c2)c1N. The molecule has 0 atom stereocenters. The van der Waals surface area contributed by atoms with Crippen molar-refractivity contribution in [2.24, 2.45) is 0 Å². The third kappa shape index (κ3) is 2.47. The van der Waals surface area contributed by atoms with Crippen molar-refractivity contribution in [3.8, 4) is 17.6 Å². The van der Waals surface area contributed by atoms with Crippen LogP contribution in [0, 0.1) is 11.3 Å². The molecule has 1 aromatic carbocycles. The number of anilines is 1. The maximum absolute atomic E-state index is 8.83. The van der Waals surface area contributed by atoms with Crippen molar-refractivity contribution in [2.45, 2.75) is 0 Å². The maximum atomic E-state index is 8.83. The summed E-state index contributed by atoms with van der Waals surface area (Å²) in [7, 11) is 0. The van der Waals surface area contributed by atoms with Gasteiger partial charge in [-0.3, -0.25) is 4.98 Å². The Balaban J connectivity index is 2.34. The molecule has 1 heterocycles. The van der Waals surface area contributed by atoms with E-state index in [0.717, 1.165) is 0 Å². The summed E-state index contributed by atoms with van der Waals surface area (Å²) in [5.41, 5.74) is 6.45. The van der Waals surface area contributed by atoms with Gasteiger partial charge in [0.2, 0.25) is 0 Å². The molecule has 0 radical (unpaired) electrons. The lowest BCUT2D eigenvalue weighted by Gasteiger charge is -2.08. The molecule has 4 nitrogen and oxygen atoms in total. The predicted octanol–water partition coefficient (Wildman–Crippen LogP) is 2.98. The van der Waals surface area contributed by atoms with Gasteiger partial charge in [0.15, 0.2) is 5.75 Å². The lowest BCUT2D eigenvalue weighted by molar-refractivity contribution is 0.482. The molecule has 0 saturated heterocycles. The number of ether oxygens (including phenoxy) is 1. The number of halogens is 1. The van der Waals surface area contributed by atoms with Crippen LogP contribution in [0.4, 0.5) is 5.69 Å². The van der Waals surface area contributed by atoms with E-state index >= 15 is 0 Å². The molecule has 0 amide bonds. The van der Waals surface area contributed by atoms with Crippen LogP contribution in [0.1, 0.15) is 5.56 Å². The molecule has 0 aliphatic carbocycles. The van der Waals surface area contributed by atoms with Gasteiger partial charge in [-0.05, 0) is 12.1 Å². The molecule has 0 saturated carbocycles. The summed E-state index contributed by atoms with van der Waals surface area (Å²) in [6.07, 6.45) is 3.02. The fourth-order valence-corrected chi connectivity index (χ4v) is 1.47. The van der Waals surface area contributed by atoms with Crippen molar-refractivity contribution in [1.82, 2.24) is 4.98 Å². The Morgan fingerprint density at radius 2 is 2.18 bits per heavy atom. The number of benzene rings is 1. The zero-order valence-electron chi connectivity index (χ0n) is 8.72. The minimum absolute atomic E-state index is 0.301. The number of hydrogen-bond acceptors (Lipinski definition) is 4. The average Bonchev–Trinajstić information content (AvgIpc) is 2.32. The molecule has 17 heavy (non-hydrogen) atoms. The lowest BCUT2D eigenvalue weighted by atomic mass is 10.2. The van der Waals surface area contributed by atoms with Crippen LogP contribution in [0.15, 0.2) is 36.7 Å². The Labute approximate surface area is 103 Å². The van der Waals surface area contributed by atoms with Crippen molar-refractivity contribution >= 4 is 17.3 Å². The van der Waals surface area contributed by atoms with E-state index in [9.17, 15) is 0 Å². The summed E-state index contributed by atoms with van der Waals surface area (Å²) < 4.78 is 5.51. The van der Waals surface area contributed by atoms with Crippen molar-refractivity contribution in [3.05, 3.63) is 47.2 Å². The molecular formula is C12H8ClN3O. The number of nitrogens with zero attached hydrogens (tertiary/aromatic N) is 2. The third-order valence-corrected chi connectivity index (χ3v) is 2.30. The quantitative estimate of drug-likeness (QED) is 0.826. The minimum Gasteiger partial charge on any atom is -0.453 e. The standard InChI is InChI=1S/C12H8ClN3O/c13-9-4-10(7-16-6-9)17-11-3-1-2-8(5-14)12(11)15/h1-4,6-7H,15H2. The maximum Gasteiger partial charge on any atom is 0.151 e. The Bertz CT molecular complexity index is 593. The number of rotatable bonds is 2. The summed E-state index contributed by atoms with van der Waals surface area (Å²) in [6.45, 7) is 0. The second-order valence-electron chi connectivity index (χ2n) is 3.27. The first-order chi connectivity index (χ1) is 8.20. The zero-order valence-corrected chi connectivity index (χ0v) is 9.48. The van der Waals surface area contributed by atoms with Crippen molar-refractivity contribution in [1.29, 1.82) is 5.26 Å². The van der Waals surface area contributed by atoms with Gasteiger partial charge in [-0.25, -0.2) is 0 Å². The van der Waals surface area contributed by atoms with Crippen molar-refractivity contribution in [3.63, 3.8) is 0 Å². The smallest absolute Gasteiger partial charge is 0.151 e. The van der Waals surface area contributed by atoms with Gasteiger partial charge in [0.25, 0.3) is 0 Å². The molecule has 2 N–H and O–H groups in total. The molecule has 2 aromatic rings. The van der Waals surface area contributed by atoms with Gasteiger partial charge in [0.1, 0.15) is 11.8 Å². The monoisotopic (exact) mass is 245 g/mol. The summed E-state index contributed by atoms with van der Waals surface area (Å²) in [5.74, 6) is 0.882. The summed E-state index contributed by atoms with van der Waals surface area (Å²) >= 11 is 5.78. The highest BCUT2D eigenvalue weighted by atomic mass is 35.5. The summed E-state index contributed by atoms with van der Waals surface area (Å²) in [4.78, 5) is 3.89. The normalized spacial score (nSPS) is 9.65. The number of para-hydroxylation sites is 1. The van der Waals surface area contributed by atoms with Gasteiger partial charge in [-0.15, -0.1) is 0 Å². The average molecular weight is 246 g/mol. The van der Waals surface area contributed by atoms with Crippen LogP contribution in [0.2, 0.25) is 5.02 Å². The molecule has 1 aromatic heterocycles. The zero-order chi connectivity index (χ0) is 12.3. The van der Waals surface area contributed by atoms with Gasteiger partial charge in [0.05, 0.1) is 22.5 Å². The number of nitrogen functional groups attached to an aromatic ring is 1. The number of nitriles is 1. The Kier molecular flexibility index (Phi) is 3.12. The number of nitrogens with two attached hydrogens (primary N) is 1. The van der Waals surface area contributed by atoms with Crippen LogP contribution < -0.4 is 10.5 Å². The van der Waals surface area contributed by atoms with Crippen LogP contribution >= 0.6 is 11.6 Å². The van der Waals surface area contributed by atoms with Gasteiger partial charge >= 0.3 is 0 Å². The molecule has 2 rings (SSSR count). The van der Waals surface area contributed by atoms with Crippen LogP contribution in [0.5, 0.6) is 11.5 Å². The van der Waals surface area contributed by atoms with Crippen molar-refractivity contribution in [2.75, 3.05) is 5.73 Å². The Morgan fingerprint density at radius 1 is 1.35 bits per heavy atom. The van der Waals surface area contributed by atoms with Crippen LogP contribution in [0.3, 0.4) is 0 Å². The van der Waals surface area contributed by atoms with Crippen LogP contribution in [-0.4, -0.2) is 4.98 Å². The van der Waals surface area contributed by atoms with Crippen LogP contribution in [-0.2, 0) is 0 Å². The van der Waals surface area contributed by atoms with Gasteiger partial charge in [-0.1, -0.05) is 17.7 Å². The fraction of sp³-hybridized carbons (Fsp3) is 0. The predicted molar refractivity (Wildman–Crippen MR) is 64.9 cm³/mol. The first kappa shape index (κ1) is 11.2. The highest BCUT2D eigenvalue weighted by molar-refractivity contribution is 6.30.